The molecule has 0 bridgehead atoms. The molecule has 0 spiro atoms. The molecule has 2 aromatic carbocycles. The second-order valence-electron chi connectivity index (χ2n) is 7.79. The Labute approximate surface area is 175 Å². The van der Waals surface area contributed by atoms with E-state index in [4.69, 9.17) is 9.26 Å². The fourth-order valence-corrected chi connectivity index (χ4v) is 3.78. The van der Waals surface area contributed by atoms with Crippen molar-refractivity contribution in [3.8, 4) is 17.1 Å². The van der Waals surface area contributed by atoms with Gasteiger partial charge in [-0.25, -0.2) is 0 Å². The Kier molecular flexibility index (Phi) is 4.86. The van der Waals surface area contributed by atoms with E-state index in [1.165, 1.54) is 0 Å². The van der Waals surface area contributed by atoms with E-state index < -0.39 is 0 Å². The van der Waals surface area contributed by atoms with E-state index in [9.17, 15) is 4.79 Å². The Morgan fingerprint density at radius 1 is 1.07 bits per heavy atom. The van der Waals surface area contributed by atoms with Crippen molar-refractivity contribution in [1.82, 2.24) is 15.0 Å². The van der Waals surface area contributed by atoms with E-state index >= 15 is 0 Å². The highest BCUT2D eigenvalue weighted by Gasteiger charge is 2.30. The molecule has 2 aliphatic rings. The highest BCUT2D eigenvalue weighted by Crippen LogP contribution is 2.39. The zero-order valence-corrected chi connectivity index (χ0v) is 17.0. The zero-order chi connectivity index (χ0) is 20.5. The maximum atomic E-state index is 12.8. The van der Waals surface area contributed by atoms with Crippen molar-refractivity contribution in [2.24, 2.45) is 0 Å². The van der Waals surface area contributed by atoms with E-state index in [1.807, 2.05) is 35.2 Å². The number of aromatic nitrogens is 2. The molecule has 0 atom stereocenters. The number of benzene rings is 2. The molecular formula is C23H24N4O3. The molecule has 2 fully saturated rings. The third kappa shape index (κ3) is 3.75. The van der Waals surface area contributed by atoms with Crippen LogP contribution in [0.2, 0.25) is 0 Å². The second-order valence-corrected chi connectivity index (χ2v) is 7.79. The fraction of sp³-hybridized carbons (Fsp3) is 0.348. The predicted octanol–water partition coefficient (Wildman–Crippen LogP) is 3.59. The quantitative estimate of drug-likeness (QED) is 0.647. The molecule has 7 heteroatoms. The lowest BCUT2D eigenvalue weighted by atomic mass is 10.1. The van der Waals surface area contributed by atoms with Crippen LogP contribution in [0.5, 0.6) is 5.75 Å². The van der Waals surface area contributed by atoms with Crippen LogP contribution in [0.15, 0.2) is 53.1 Å². The third-order valence-corrected chi connectivity index (χ3v) is 5.74. The summed E-state index contributed by atoms with van der Waals surface area (Å²) >= 11 is 0. The molecule has 3 aromatic rings. The van der Waals surface area contributed by atoms with Gasteiger partial charge in [-0.2, -0.15) is 4.98 Å². The van der Waals surface area contributed by atoms with Crippen molar-refractivity contribution in [1.29, 1.82) is 0 Å². The molecule has 1 saturated heterocycles. The number of anilines is 1. The smallest absolute Gasteiger partial charge is 0.254 e. The third-order valence-electron chi connectivity index (χ3n) is 5.74. The number of ether oxygens (including phenoxy) is 1. The number of nitrogens with zero attached hydrogens (tertiary/aromatic N) is 4. The lowest BCUT2D eigenvalue weighted by Crippen LogP contribution is -2.48. The van der Waals surface area contributed by atoms with Gasteiger partial charge in [-0.15, -0.1) is 0 Å². The van der Waals surface area contributed by atoms with Crippen LogP contribution >= 0.6 is 0 Å². The summed E-state index contributed by atoms with van der Waals surface area (Å²) in [4.78, 5) is 21.5. The van der Waals surface area contributed by atoms with Crippen LogP contribution in [-0.4, -0.2) is 54.2 Å². The van der Waals surface area contributed by atoms with Crippen LogP contribution in [0.4, 0.5) is 5.69 Å². The van der Waals surface area contributed by atoms with Gasteiger partial charge in [0.2, 0.25) is 11.7 Å². The first-order valence-corrected chi connectivity index (χ1v) is 10.3. The first-order chi connectivity index (χ1) is 14.7. The predicted molar refractivity (Wildman–Crippen MR) is 113 cm³/mol. The molecule has 0 radical (unpaired) electrons. The van der Waals surface area contributed by atoms with Crippen LogP contribution in [0.3, 0.4) is 0 Å². The summed E-state index contributed by atoms with van der Waals surface area (Å²) in [6, 6.07) is 15.6. The van der Waals surface area contributed by atoms with Gasteiger partial charge in [-0.05, 0) is 55.3 Å². The number of rotatable bonds is 5. The molecule has 1 amide bonds. The molecule has 0 N–H and O–H groups in total. The monoisotopic (exact) mass is 404 g/mol. The van der Waals surface area contributed by atoms with Gasteiger partial charge in [0.15, 0.2) is 0 Å². The van der Waals surface area contributed by atoms with Gasteiger partial charge in [0.25, 0.3) is 5.91 Å². The normalized spacial score (nSPS) is 16.6. The van der Waals surface area contributed by atoms with Gasteiger partial charge >= 0.3 is 0 Å². The van der Waals surface area contributed by atoms with E-state index in [-0.39, 0.29) is 5.91 Å². The number of piperazine rings is 1. The van der Waals surface area contributed by atoms with Crippen molar-refractivity contribution in [2.75, 3.05) is 38.2 Å². The molecule has 7 nitrogen and oxygen atoms in total. The van der Waals surface area contributed by atoms with Gasteiger partial charge in [-0.3, -0.25) is 4.79 Å². The SMILES string of the molecule is COc1cccc(C(=O)N2CCN(c3ccc(-c4noc(C5CC5)n4)cc3)CC2)c1. The summed E-state index contributed by atoms with van der Waals surface area (Å²) in [6.45, 7) is 2.97. The maximum Gasteiger partial charge on any atom is 0.254 e. The van der Waals surface area contributed by atoms with Gasteiger partial charge < -0.3 is 19.1 Å². The molecule has 1 aromatic heterocycles. The highest BCUT2D eigenvalue weighted by molar-refractivity contribution is 5.94. The number of amides is 1. The molecule has 2 heterocycles. The first kappa shape index (κ1) is 18.7. The van der Waals surface area contributed by atoms with Crippen molar-refractivity contribution in [3.63, 3.8) is 0 Å². The highest BCUT2D eigenvalue weighted by atomic mass is 16.5. The molecule has 1 aliphatic heterocycles. The zero-order valence-electron chi connectivity index (χ0n) is 17.0. The van der Waals surface area contributed by atoms with Gasteiger partial charge in [0.1, 0.15) is 5.75 Å². The van der Waals surface area contributed by atoms with Gasteiger partial charge in [0.05, 0.1) is 7.11 Å². The van der Waals surface area contributed by atoms with E-state index in [0.717, 1.165) is 43.1 Å². The number of hydrogen-bond acceptors (Lipinski definition) is 6. The van der Waals surface area contributed by atoms with Crippen molar-refractivity contribution >= 4 is 11.6 Å². The minimum atomic E-state index is 0.0486. The average molecular weight is 404 g/mol. The molecule has 5 rings (SSSR count). The Bertz CT molecular complexity index is 1030. The van der Waals surface area contributed by atoms with Crippen LogP contribution in [0.25, 0.3) is 11.4 Å². The Hall–Kier alpha value is -3.35. The lowest BCUT2D eigenvalue weighted by Gasteiger charge is -2.36. The van der Waals surface area contributed by atoms with Crippen LogP contribution in [0.1, 0.15) is 35.0 Å². The molecule has 1 aliphatic carbocycles. The number of hydrogen-bond donors (Lipinski definition) is 0. The Morgan fingerprint density at radius 3 is 2.53 bits per heavy atom. The summed E-state index contributed by atoms with van der Waals surface area (Å²) in [5.41, 5.74) is 2.76. The van der Waals surface area contributed by atoms with Crippen LogP contribution < -0.4 is 9.64 Å². The van der Waals surface area contributed by atoms with E-state index in [2.05, 4.69) is 27.2 Å². The lowest BCUT2D eigenvalue weighted by molar-refractivity contribution is 0.0746. The molecular weight excluding hydrogens is 380 g/mol. The summed E-state index contributed by atoms with van der Waals surface area (Å²) in [5.74, 6) is 2.61. The first-order valence-electron chi connectivity index (χ1n) is 10.3. The number of carbonyl (C=O) groups is 1. The molecule has 154 valence electrons. The van der Waals surface area contributed by atoms with E-state index in [1.54, 1.807) is 13.2 Å². The molecule has 0 unspecified atom stereocenters. The van der Waals surface area contributed by atoms with Crippen molar-refractivity contribution < 1.29 is 14.1 Å². The van der Waals surface area contributed by atoms with E-state index in [0.29, 0.717) is 36.1 Å². The summed E-state index contributed by atoms with van der Waals surface area (Å²) in [7, 11) is 1.61. The fourth-order valence-electron chi connectivity index (χ4n) is 3.78. The minimum Gasteiger partial charge on any atom is -0.497 e. The Balaban J connectivity index is 1.21. The van der Waals surface area contributed by atoms with Gasteiger partial charge in [0, 0.05) is 48.9 Å². The average Bonchev–Trinajstić information content (AvgIpc) is 3.55. The summed E-state index contributed by atoms with van der Waals surface area (Å²) < 4.78 is 10.6. The van der Waals surface area contributed by atoms with Crippen molar-refractivity contribution in [3.05, 3.63) is 60.0 Å². The standard InChI is InChI=1S/C23H24N4O3/c1-29-20-4-2-3-18(15-20)23(28)27-13-11-26(12-14-27)19-9-7-16(8-10-19)21-24-22(30-25-21)17-5-6-17/h2-4,7-10,15,17H,5-6,11-14H2,1H3. The maximum absolute atomic E-state index is 12.8. The van der Waals surface area contributed by atoms with Crippen molar-refractivity contribution in [2.45, 2.75) is 18.8 Å². The largest absolute Gasteiger partial charge is 0.497 e. The molecule has 30 heavy (non-hydrogen) atoms. The van der Waals surface area contributed by atoms with Crippen LogP contribution in [0, 0.1) is 0 Å². The minimum absolute atomic E-state index is 0.0486. The number of carbonyl (C=O) groups excluding carboxylic acids is 1. The van der Waals surface area contributed by atoms with Crippen LogP contribution in [-0.2, 0) is 0 Å². The second kappa shape index (κ2) is 7.82. The Morgan fingerprint density at radius 2 is 1.83 bits per heavy atom. The summed E-state index contributed by atoms with van der Waals surface area (Å²) in [5, 5.41) is 4.11. The topological polar surface area (TPSA) is 71.7 Å². The number of methoxy groups -OCH3 is 1. The summed E-state index contributed by atoms with van der Waals surface area (Å²) in [6.07, 6.45) is 2.29. The molecule has 1 saturated carbocycles. The van der Waals surface area contributed by atoms with Gasteiger partial charge in [-0.1, -0.05) is 11.2 Å².